The Morgan fingerprint density at radius 1 is 1.11 bits per heavy atom. The predicted molar refractivity (Wildman–Crippen MR) is 70.9 cm³/mol. The van der Waals surface area contributed by atoms with Crippen LogP contribution in [-0.4, -0.2) is 24.9 Å². The average Bonchev–Trinajstić information content (AvgIpc) is 2.32. The van der Waals surface area contributed by atoms with Crippen molar-refractivity contribution in [2.24, 2.45) is 0 Å². The Balaban J connectivity index is 2.52. The summed E-state index contributed by atoms with van der Waals surface area (Å²) in [6, 6.07) is 4.58. The highest BCUT2D eigenvalue weighted by molar-refractivity contribution is 5.98. The Hall–Kier alpha value is -2.24. The lowest BCUT2D eigenvalue weighted by molar-refractivity contribution is -0.120. The normalized spacial score (nSPS) is 9.83. The zero-order chi connectivity index (χ0) is 13.5. The van der Waals surface area contributed by atoms with Gasteiger partial charge >= 0.3 is 0 Å². The van der Waals surface area contributed by atoms with Crippen molar-refractivity contribution < 1.29 is 9.59 Å². The smallest absolute Gasteiger partial charge is 0.251 e. The molecule has 0 saturated carbocycles. The second kappa shape index (κ2) is 6.48. The molecule has 1 rings (SSSR count). The molecule has 6 N–H and O–H groups in total. The number of hydrogen-bond donors (Lipinski definition) is 4. The van der Waals surface area contributed by atoms with E-state index in [4.69, 9.17) is 11.5 Å². The zero-order valence-electron chi connectivity index (χ0n) is 10.3. The molecule has 1 aromatic rings. The van der Waals surface area contributed by atoms with Crippen molar-refractivity contribution in [1.29, 1.82) is 0 Å². The minimum absolute atomic E-state index is 0.0620. The van der Waals surface area contributed by atoms with Gasteiger partial charge in [0.05, 0.1) is 6.54 Å². The predicted octanol–water partition coefficient (Wildman–Crippen LogP) is 0.107. The van der Waals surface area contributed by atoms with Gasteiger partial charge in [-0.3, -0.25) is 9.59 Å². The third kappa shape index (κ3) is 4.32. The monoisotopic (exact) mass is 250 g/mol. The van der Waals surface area contributed by atoms with Crippen LogP contribution in [0.5, 0.6) is 0 Å². The molecule has 0 aliphatic carbocycles. The van der Waals surface area contributed by atoms with Gasteiger partial charge in [-0.1, -0.05) is 6.92 Å². The van der Waals surface area contributed by atoms with E-state index in [1.165, 1.54) is 12.1 Å². The number of rotatable bonds is 5. The summed E-state index contributed by atoms with van der Waals surface area (Å²) in [7, 11) is 0. The number of nitrogens with two attached hydrogens (primary N) is 2. The molecule has 0 spiro atoms. The maximum Gasteiger partial charge on any atom is 0.251 e. The maximum atomic E-state index is 11.7. The van der Waals surface area contributed by atoms with Crippen molar-refractivity contribution in [1.82, 2.24) is 10.6 Å². The molecule has 6 nitrogen and oxygen atoms in total. The van der Waals surface area contributed by atoms with E-state index in [2.05, 4.69) is 10.6 Å². The van der Waals surface area contributed by atoms with E-state index >= 15 is 0 Å². The summed E-state index contributed by atoms with van der Waals surface area (Å²) in [5, 5.41) is 5.16. The number of nitrogens with one attached hydrogen (secondary N) is 2. The minimum Gasteiger partial charge on any atom is -0.399 e. The van der Waals surface area contributed by atoms with Crippen molar-refractivity contribution in [2.45, 2.75) is 13.3 Å². The lowest BCUT2D eigenvalue weighted by Crippen LogP contribution is -2.37. The van der Waals surface area contributed by atoms with Gasteiger partial charge in [0.15, 0.2) is 0 Å². The largest absolute Gasteiger partial charge is 0.399 e. The number of nitrogen functional groups attached to an aromatic ring is 2. The maximum absolute atomic E-state index is 11.7. The van der Waals surface area contributed by atoms with Crippen molar-refractivity contribution in [3.05, 3.63) is 23.8 Å². The lowest BCUT2D eigenvalue weighted by atomic mass is 10.1. The highest BCUT2D eigenvalue weighted by Crippen LogP contribution is 2.13. The van der Waals surface area contributed by atoms with Crippen LogP contribution < -0.4 is 22.1 Å². The number of amides is 2. The summed E-state index contributed by atoms with van der Waals surface area (Å²) in [5.41, 5.74) is 12.3. The Morgan fingerprint density at radius 2 is 1.72 bits per heavy atom. The van der Waals surface area contributed by atoms with Crippen molar-refractivity contribution >= 4 is 23.2 Å². The molecule has 0 aromatic heterocycles. The summed E-state index contributed by atoms with van der Waals surface area (Å²) < 4.78 is 0. The van der Waals surface area contributed by atoms with Gasteiger partial charge in [0.1, 0.15) is 0 Å². The molecule has 0 unspecified atom stereocenters. The number of hydrogen-bond acceptors (Lipinski definition) is 4. The number of anilines is 2. The van der Waals surface area contributed by atoms with Crippen LogP contribution in [0, 0.1) is 0 Å². The molecule has 0 aliphatic rings. The summed E-state index contributed by atoms with van der Waals surface area (Å²) in [6.07, 6.45) is 0.853. The summed E-state index contributed by atoms with van der Waals surface area (Å²) in [4.78, 5) is 23.0. The first-order valence-corrected chi connectivity index (χ1v) is 5.74. The molecule has 2 amide bonds. The fourth-order valence-corrected chi connectivity index (χ4v) is 1.40. The van der Waals surface area contributed by atoms with Gasteiger partial charge in [-0.2, -0.15) is 0 Å². The van der Waals surface area contributed by atoms with Crippen LogP contribution in [0.15, 0.2) is 18.2 Å². The van der Waals surface area contributed by atoms with Crippen molar-refractivity contribution in [3.8, 4) is 0 Å². The molecule has 0 fully saturated rings. The van der Waals surface area contributed by atoms with Gasteiger partial charge in [-0.15, -0.1) is 0 Å². The van der Waals surface area contributed by atoms with Crippen LogP contribution >= 0.6 is 0 Å². The fourth-order valence-electron chi connectivity index (χ4n) is 1.40. The van der Waals surface area contributed by atoms with E-state index in [-0.39, 0.29) is 18.4 Å². The SMILES string of the molecule is CCCNC(=O)CNC(=O)c1cc(N)cc(N)c1. The van der Waals surface area contributed by atoms with Gasteiger partial charge in [0.2, 0.25) is 5.91 Å². The van der Waals surface area contributed by atoms with Crippen LogP contribution in [0.4, 0.5) is 11.4 Å². The quantitative estimate of drug-likeness (QED) is 0.556. The molecule has 0 heterocycles. The molecule has 0 radical (unpaired) electrons. The van der Waals surface area contributed by atoms with Gasteiger partial charge < -0.3 is 22.1 Å². The topological polar surface area (TPSA) is 110 Å². The van der Waals surface area contributed by atoms with Crippen LogP contribution in [0.3, 0.4) is 0 Å². The Morgan fingerprint density at radius 3 is 2.28 bits per heavy atom. The van der Waals surface area contributed by atoms with Gasteiger partial charge in [-0.25, -0.2) is 0 Å². The van der Waals surface area contributed by atoms with Crippen molar-refractivity contribution in [2.75, 3.05) is 24.6 Å². The standard InChI is InChI=1S/C12H18N4O2/c1-2-3-15-11(17)7-16-12(18)8-4-9(13)6-10(14)5-8/h4-6H,2-3,7,13-14H2,1H3,(H,15,17)(H,16,18). The Kier molecular flexibility index (Phi) is 4.98. The van der Waals surface area contributed by atoms with Gasteiger partial charge in [-0.05, 0) is 24.6 Å². The Bertz CT molecular complexity index is 425. The minimum atomic E-state index is -0.374. The number of carbonyl (C=O) groups excluding carboxylic acids is 2. The van der Waals surface area contributed by atoms with Crippen LogP contribution in [0.25, 0.3) is 0 Å². The third-order valence-corrected chi connectivity index (χ3v) is 2.22. The molecule has 6 heteroatoms. The molecule has 98 valence electrons. The lowest BCUT2D eigenvalue weighted by Gasteiger charge is -2.07. The zero-order valence-corrected chi connectivity index (χ0v) is 10.3. The highest BCUT2D eigenvalue weighted by atomic mass is 16.2. The van der Waals surface area contributed by atoms with E-state index in [0.29, 0.717) is 23.5 Å². The molecule has 0 saturated heterocycles. The van der Waals surface area contributed by atoms with E-state index < -0.39 is 0 Å². The first-order valence-electron chi connectivity index (χ1n) is 5.74. The van der Waals surface area contributed by atoms with E-state index in [9.17, 15) is 9.59 Å². The highest BCUT2D eigenvalue weighted by Gasteiger charge is 2.08. The van der Waals surface area contributed by atoms with Crippen LogP contribution in [0.2, 0.25) is 0 Å². The molecule has 1 aromatic carbocycles. The molecule has 0 aliphatic heterocycles. The Labute approximate surface area is 106 Å². The van der Waals surface area contributed by atoms with Crippen LogP contribution in [0.1, 0.15) is 23.7 Å². The fraction of sp³-hybridized carbons (Fsp3) is 0.333. The van der Waals surface area contributed by atoms with E-state index in [1.54, 1.807) is 6.07 Å². The second-order valence-corrected chi connectivity index (χ2v) is 3.92. The molecule has 18 heavy (non-hydrogen) atoms. The first-order chi connectivity index (χ1) is 8.52. The average molecular weight is 250 g/mol. The summed E-state index contributed by atoms with van der Waals surface area (Å²) in [5.74, 6) is -0.595. The van der Waals surface area contributed by atoms with Crippen molar-refractivity contribution in [3.63, 3.8) is 0 Å². The number of benzene rings is 1. The molecular formula is C12H18N4O2. The second-order valence-electron chi connectivity index (χ2n) is 3.92. The van der Waals surface area contributed by atoms with Gasteiger partial charge in [0.25, 0.3) is 5.91 Å². The van der Waals surface area contributed by atoms with E-state index in [0.717, 1.165) is 6.42 Å². The third-order valence-electron chi connectivity index (χ3n) is 2.22. The molecule has 0 bridgehead atoms. The summed E-state index contributed by atoms with van der Waals surface area (Å²) >= 11 is 0. The number of carbonyl (C=O) groups is 2. The van der Waals surface area contributed by atoms with Gasteiger partial charge in [0, 0.05) is 23.5 Å². The first kappa shape index (κ1) is 13.8. The van der Waals surface area contributed by atoms with Crippen LogP contribution in [-0.2, 0) is 4.79 Å². The molecular weight excluding hydrogens is 232 g/mol. The summed E-state index contributed by atoms with van der Waals surface area (Å²) in [6.45, 7) is 2.49. The van der Waals surface area contributed by atoms with E-state index in [1.807, 2.05) is 6.92 Å². The molecule has 0 atom stereocenters.